The minimum atomic E-state index is 0.685. The highest BCUT2D eigenvalue weighted by Gasteiger charge is 2.16. The minimum Gasteiger partial charge on any atom is -0.368 e. The Labute approximate surface area is 152 Å². The number of fused-ring (bicyclic) bond motifs is 1. The third-order valence-corrected chi connectivity index (χ3v) is 5.62. The number of nitrogens with zero attached hydrogens (tertiary/aromatic N) is 4. The molecular formula is C19H23N5S. The molecule has 0 radical (unpaired) electrons. The van der Waals surface area contributed by atoms with Gasteiger partial charge in [0.15, 0.2) is 5.82 Å². The van der Waals surface area contributed by atoms with Crippen LogP contribution < -0.4 is 5.32 Å². The summed E-state index contributed by atoms with van der Waals surface area (Å²) < 4.78 is 0. The van der Waals surface area contributed by atoms with Crippen LogP contribution in [0.5, 0.6) is 0 Å². The van der Waals surface area contributed by atoms with Gasteiger partial charge in [-0.1, -0.05) is 13.0 Å². The van der Waals surface area contributed by atoms with E-state index in [9.17, 15) is 0 Å². The quantitative estimate of drug-likeness (QED) is 0.754. The van der Waals surface area contributed by atoms with Crippen molar-refractivity contribution in [1.29, 1.82) is 0 Å². The van der Waals surface area contributed by atoms with E-state index in [1.54, 1.807) is 17.5 Å². The summed E-state index contributed by atoms with van der Waals surface area (Å²) in [6.45, 7) is 6.72. The summed E-state index contributed by atoms with van der Waals surface area (Å²) in [7, 11) is 0. The minimum absolute atomic E-state index is 0.685. The van der Waals surface area contributed by atoms with Gasteiger partial charge < -0.3 is 10.2 Å². The molecule has 4 heterocycles. The fourth-order valence-electron chi connectivity index (χ4n) is 3.22. The Morgan fingerprint density at radius 3 is 2.88 bits per heavy atom. The summed E-state index contributed by atoms with van der Waals surface area (Å²) in [6, 6.07) is 7.92. The molecule has 1 saturated heterocycles. The van der Waals surface area contributed by atoms with Gasteiger partial charge in [0.25, 0.3) is 0 Å². The molecule has 6 heteroatoms. The molecule has 1 aliphatic rings. The number of pyridine rings is 1. The van der Waals surface area contributed by atoms with Gasteiger partial charge in [0.2, 0.25) is 0 Å². The van der Waals surface area contributed by atoms with Gasteiger partial charge in [0, 0.05) is 19.3 Å². The number of likely N-dealkylation sites (tertiary alicyclic amines) is 1. The number of nitrogens with one attached hydrogen (secondary N) is 1. The van der Waals surface area contributed by atoms with Crippen molar-refractivity contribution in [2.45, 2.75) is 19.8 Å². The monoisotopic (exact) mass is 353 g/mol. The zero-order chi connectivity index (χ0) is 17.1. The lowest BCUT2D eigenvalue weighted by molar-refractivity contribution is 0.199. The zero-order valence-electron chi connectivity index (χ0n) is 14.5. The van der Waals surface area contributed by atoms with E-state index >= 15 is 0 Å². The van der Waals surface area contributed by atoms with Crippen molar-refractivity contribution in [2.75, 3.05) is 31.5 Å². The summed E-state index contributed by atoms with van der Waals surface area (Å²) >= 11 is 1.64. The number of rotatable bonds is 5. The fourth-order valence-corrected chi connectivity index (χ4v) is 3.98. The van der Waals surface area contributed by atoms with E-state index in [1.165, 1.54) is 25.9 Å². The van der Waals surface area contributed by atoms with Crippen LogP contribution in [-0.2, 0) is 0 Å². The highest BCUT2D eigenvalue weighted by molar-refractivity contribution is 7.16. The van der Waals surface area contributed by atoms with Crippen molar-refractivity contribution in [2.24, 2.45) is 5.92 Å². The van der Waals surface area contributed by atoms with E-state index in [0.29, 0.717) is 5.82 Å². The molecule has 0 aliphatic carbocycles. The lowest BCUT2D eigenvalue weighted by atomic mass is 9.99. The molecule has 5 nitrogen and oxygen atoms in total. The van der Waals surface area contributed by atoms with Crippen LogP contribution in [0.1, 0.15) is 19.8 Å². The van der Waals surface area contributed by atoms with Crippen LogP contribution in [0.2, 0.25) is 0 Å². The molecule has 0 amide bonds. The van der Waals surface area contributed by atoms with Gasteiger partial charge >= 0.3 is 0 Å². The van der Waals surface area contributed by atoms with Crippen molar-refractivity contribution in [3.63, 3.8) is 0 Å². The largest absolute Gasteiger partial charge is 0.368 e. The van der Waals surface area contributed by atoms with Gasteiger partial charge in [0.05, 0.1) is 5.39 Å². The molecule has 0 bridgehead atoms. The maximum Gasteiger partial charge on any atom is 0.181 e. The average molecular weight is 353 g/mol. The Kier molecular flexibility index (Phi) is 4.90. The molecule has 1 N–H and O–H groups in total. The summed E-state index contributed by atoms with van der Waals surface area (Å²) in [5.74, 6) is 2.47. The van der Waals surface area contributed by atoms with Gasteiger partial charge in [0.1, 0.15) is 16.3 Å². The molecule has 130 valence electrons. The van der Waals surface area contributed by atoms with E-state index < -0.39 is 0 Å². The standard InChI is InChI=1S/C19H23N5S/c1-14-5-10-24(11-6-14)12-9-21-17-15-7-13-25-19(15)23-18(22-17)16-4-2-3-8-20-16/h2-4,7-8,13-14H,5-6,9-12H2,1H3,(H,21,22,23). The van der Waals surface area contributed by atoms with E-state index in [0.717, 1.165) is 40.7 Å². The highest BCUT2D eigenvalue weighted by atomic mass is 32.1. The molecule has 25 heavy (non-hydrogen) atoms. The third kappa shape index (κ3) is 3.80. The molecule has 3 aromatic rings. The fraction of sp³-hybridized carbons (Fsp3) is 0.421. The Hall–Kier alpha value is -2.05. The number of anilines is 1. The normalized spacial score (nSPS) is 16.4. The topological polar surface area (TPSA) is 53.9 Å². The van der Waals surface area contributed by atoms with E-state index in [1.807, 2.05) is 18.2 Å². The van der Waals surface area contributed by atoms with Gasteiger partial charge in [-0.25, -0.2) is 9.97 Å². The highest BCUT2D eigenvalue weighted by Crippen LogP contribution is 2.27. The molecule has 0 saturated carbocycles. The first-order chi connectivity index (χ1) is 12.3. The van der Waals surface area contributed by atoms with Crippen LogP contribution >= 0.6 is 11.3 Å². The number of hydrogen-bond acceptors (Lipinski definition) is 6. The van der Waals surface area contributed by atoms with E-state index in [4.69, 9.17) is 4.98 Å². The van der Waals surface area contributed by atoms with Crippen molar-refractivity contribution in [3.8, 4) is 11.5 Å². The smallest absolute Gasteiger partial charge is 0.181 e. The van der Waals surface area contributed by atoms with Crippen LogP contribution in [0.15, 0.2) is 35.8 Å². The Morgan fingerprint density at radius 1 is 1.20 bits per heavy atom. The second-order valence-electron chi connectivity index (χ2n) is 6.70. The number of aromatic nitrogens is 3. The molecule has 0 atom stereocenters. The van der Waals surface area contributed by atoms with E-state index in [-0.39, 0.29) is 0 Å². The summed E-state index contributed by atoms with van der Waals surface area (Å²) in [5.41, 5.74) is 0.811. The molecule has 4 rings (SSSR count). The van der Waals surface area contributed by atoms with Crippen LogP contribution in [0, 0.1) is 5.92 Å². The summed E-state index contributed by atoms with van der Waals surface area (Å²) in [6.07, 6.45) is 4.40. The van der Waals surface area contributed by atoms with Gasteiger partial charge in [-0.3, -0.25) is 4.98 Å². The molecule has 0 aromatic carbocycles. The molecular weight excluding hydrogens is 330 g/mol. The molecule has 1 aliphatic heterocycles. The predicted octanol–water partition coefficient (Wildman–Crippen LogP) is 3.90. The summed E-state index contributed by atoms with van der Waals surface area (Å²) in [5, 5.41) is 6.69. The predicted molar refractivity (Wildman–Crippen MR) is 104 cm³/mol. The van der Waals surface area contributed by atoms with E-state index in [2.05, 4.69) is 38.6 Å². The van der Waals surface area contributed by atoms with Crippen molar-refractivity contribution in [1.82, 2.24) is 19.9 Å². The van der Waals surface area contributed by atoms with Gasteiger partial charge in [-0.05, 0) is 55.4 Å². The van der Waals surface area contributed by atoms with Crippen LogP contribution in [0.25, 0.3) is 21.7 Å². The lowest BCUT2D eigenvalue weighted by Crippen LogP contribution is -2.36. The number of piperidine rings is 1. The Balaban J connectivity index is 1.49. The SMILES string of the molecule is CC1CCN(CCNc2nc(-c3ccccn3)nc3sccc23)CC1. The number of thiophene rings is 1. The van der Waals surface area contributed by atoms with Crippen molar-refractivity contribution >= 4 is 27.4 Å². The van der Waals surface area contributed by atoms with Crippen LogP contribution in [0.4, 0.5) is 5.82 Å². The third-order valence-electron chi connectivity index (χ3n) is 4.82. The zero-order valence-corrected chi connectivity index (χ0v) is 15.3. The van der Waals surface area contributed by atoms with Crippen LogP contribution in [0.3, 0.4) is 0 Å². The summed E-state index contributed by atoms with van der Waals surface area (Å²) in [4.78, 5) is 17.3. The Morgan fingerprint density at radius 2 is 2.08 bits per heavy atom. The second kappa shape index (κ2) is 7.45. The lowest BCUT2D eigenvalue weighted by Gasteiger charge is -2.30. The number of hydrogen-bond donors (Lipinski definition) is 1. The molecule has 0 unspecified atom stereocenters. The maximum absolute atomic E-state index is 4.74. The van der Waals surface area contributed by atoms with Crippen molar-refractivity contribution in [3.05, 3.63) is 35.8 Å². The second-order valence-corrected chi connectivity index (χ2v) is 7.60. The molecule has 3 aromatic heterocycles. The van der Waals surface area contributed by atoms with Crippen LogP contribution in [-0.4, -0.2) is 46.0 Å². The van der Waals surface area contributed by atoms with Crippen molar-refractivity contribution < 1.29 is 0 Å². The van der Waals surface area contributed by atoms with Gasteiger partial charge in [-0.15, -0.1) is 11.3 Å². The molecule has 1 fully saturated rings. The first-order valence-corrected chi connectivity index (χ1v) is 9.80. The average Bonchev–Trinajstić information content (AvgIpc) is 3.13. The maximum atomic E-state index is 4.74. The van der Waals surface area contributed by atoms with Gasteiger partial charge in [-0.2, -0.15) is 0 Å². The first kappa shape index (κ1) is 16.4. The Bertz CT molecular complexity index is 824. The first-order valence-electron chi connectivity index (χ1n) is 8.92. The molecule has 0 spiro atoms.